The zero-order valence-electron chi connectivity index (χ0n) is 13.7. The predicted molar refractivity (Wildman–Crippen MR) is 91.9 cm³/mol. The lowest BCUT2D eigenvalue weighted by molar-refractivity contribution is -0.123. The average Bonchev–Trinajstić information content (AvgIpc) is 3.05. The maximum absolute atomic E-state index is 11.9. The molecule has 3 rings (SSSR count). The molecule has 7 nitrogen and oxygen atoms in total. The van der Waals surface area contributed by atoms with Crippen LogP contribution in [0.25, 0.3) is 11.1 Å². The number of amides is 1. The van der Waals surface area contributed by atoms with Crippen LogP contribution in [0.15, 0.2) is 53.7 Å². The van der Waals surface area contributed by atoms with E-state index in [0.717, 1.165) is 16.7 Å². The number of rotatable bonds is 6. The van der Waals surface area contributed by atoms with Crippen molar-refractivity contribution in [2.75, 3.05) is 6.61 Å². The molecule has 0 bridgehead atoms. The summed E-state index contributed by atoms with van der Waals surface area (Å²) < 4.78 is 7.22. The van der Waals surface area contributed by atoms with Gasteiger partial charge in [0.05, 0.1) is 6.20 Å². The van der Waals surface area contributed by atoms with Crippen molar-refractivity contribution in [3.05, 3.63) is 70.9 Å². The van der Waals surface area contributed by atoms with E-state index in [1.165, 1.54) is 6.07 Å². The van der Waals surface area contributed by atoms with E-state index in [-0.39, 0.29) is 24.6 Å². The third-order valence-corrected chi connectivity index (χ3v) is 3.50. The summed E-state index contributed by atoms with van der Waals surface area (Å²) in [5.41, 5.74) is 2.38. The Bertz CT molecular complexity index is 930. The third-order valence-electron chi connectivity index (χ3n) is 3.50. The highest BCUT2D eigenvalue weighted by Gasteiger charge is 2.06. The number of nitrogens with one attached hydrogen (secondary N) is 2. The first-order valence-electron chi connectivity index (χ1n) is 7.67. The van der Waals surface area contributed by atoms with Crippen molar-refractivity contribution in [1.29, 1.82) is 0 Å². The first-order chi connectivity index (χ1) is 12.1. The van der Waals surface area contributed by atoms with Crippen molar-refractivity contribution >= 4 is 5.91 Å². The molecule has 3 aromatic rings. The van der Waals surface area contributed by atoms with E-state index in [1.54, 1.807) is 29.2 Å². The number of carbonyl (C=O) groups excluding carboxylic acids is 1. The van der Waals surface area contributed by atoms with Crippen LogP contribution in [0.2, 0.25) is 0 Å². The standard InChI is InChI=1S/C18H17N4O3/c1-22-11-15(10-21-22)14-3-2-4-16(8-14)25-12-18(24)20-9-13-5-6-19-17(23)7-13/h3-8,10-11H,9,12H2,1H3,(H,19,23)(H,20,24). The van der Waals surface area contributed by atoms with Gasteiger partial charge >= 0.3 is 0 Å². The van der Waals surface area contributed by atoms with Crippen LogP contribution in [0.1, 0.15) is 5.56 Å². The monoisotopic (exact) mass is 337 g/mol. The zero-order chi connectivity index (χ0) is 17.6. The fraction of sp³-hybridized carbons (Fsp3) is 0.167. The van der Waals surface area contributed by atoms with Gasteiger partial charge in [-0.15, -0.1) is 0 Å². The number of H-pyrrole nitrogens is 1. The average molecular weight is 337 g/mol. The molecule has 0 atom stereocenters. The summed E-state index contributed by atoms with van der Waals surface area (Å²) in [6.45, 7) is 0.154. The smallest absolute Gasteiger partial charge is 0.258 e. The van der Waals surface area contributed by atoms with Crippen LogP contribution < -0.4 is 15.6 Å². The number of pyridine rings is 1. The number of aromatic amines is 1. The van der Waals surface area contributed by atoms with Crippen LogP contribution in [0.4, 0.5) is 0 Å². The molecule has 1 amide bonds. The Morgan fingerprint density at radius 2 is 2.24 bits per heavy atom. The predicted octanol–water partition coefficient (Wildman–Crippen LogP) is 1.27. The van der Waals surface area contributed by atoms with Gasteiger partial charge in [0.25, 0.3) is 5.91 Å². The van der Waals surface area contributed by atoms with Gasteiger partial charge in [0.2, 0.25) is 5.56 Å². The number of hydrogen-bond acceptors (Lipinski definition) is 4. The van der Waals surface area contributed by atoms with Crippen molar-refractivity contribution in [3.8, 4) is 16.9 Å². The number of hydrogen-bond donors (Lipinski definition) is 2. The normalized spacial score (nSPS) is 10.4. The Balaban J connectivity index is 1.54. The number of benzene rings is 1. The Hall–Kier alpha value is -3.35. The molecule has 0 aliphatic heterocycles. The van der Waals surface area contributed by atoms with Crippen molar-refractivity contribution in [2.45, 2.75) is 6.54 Å². The Morgan fingerprint density at radius 1 is 1.36 bits per heavy atom. The van der Waals surface area contributed by atoms with Crippen molar-refractivity contribution < 1.29 is 9.53 Å². The Morgan fingerprint density at radius 3 is 3.00 bits per heavy atom. The maximum atomic E-state index is 11.9. The lowest BCUT2D eigenvalue weighted by atomic mass is 10.1. The van der Waals surface area contributed by atoms with Gasteiger partial charge in [0, 0.05) is 37.6 Å². The molecular formula is C18H17N4O3. The van der Waals surface area contributed by atoms with E-state index in [4.69, 9.17) is 4.74 Å². The van der Waals surface area contributed by atoms with E-state index in [2.05, 4.69) is 21.5 Å². The van der Waals surface area contributed by atoms with Gasteiger partial charge in [-0.25, -0.2) is 0 Å². The number of aromatic nitrogens is 3. The highest BCUT2D eigenvalue weighted by Crippen LogP contribution is 2.22. The number of ether oxygens (including phenoxy) is 1. The fourth-order valence-corrected chi connectivity index (χ4v) is 2.27. The van der Waals surface area contributed by atoms with Crippen LogP contribution in [-0.2, 0) is 18.4 Å². The second-order valence-electron chi connectivity index (χ2n) is 5.49. The second kappa shape index (κ2) is 7.48. The van der Waals surface area contributed by atoms with Crippen LogP contribution in [0.5, 0.6) is 5.75 Å². The molecule has 2 heterocycles. The number of carbonyl (C=O) groups is 1. The number of aryl methyl sites for hydroxylation is 1. The molecule has 0 aliphatic carbocycles. The van der Waals surface area contributed by atoms with Gasteiger partial charge in [-0.2, -0.15) is 5.10 Å². The molecule has 7 heteroatoms. The van der Waals surface area contributed by atoms with E-state index in [0.29, 0.717) is 5.75 Å². The molecule has 0 saturated heterocycles. The van der Waals surface area contributed by atoms with E-state index in [9.17, 15) is 9.59 Å². The third kappa shape index (κ3) is 4.57. The van der Waals surface area contributed by atoms with E-state index >= 15 is 0 Å². The van der Waals surface area contributed by atoms with Crippen molar-refractivity contribution in [1.82, 2.24) is 20.1 Å². The molecular weight excluding hydrogens is 320 g/mol. The zero-order valence-corrected chi connectivity index (χ0v) is 13.7. The SMILES string of the molecule is Cn1cc(-c2c[c]cc(OCC(=O)NCc3cc[nH]c(=O)c3)c2)cn1. The van der Waals surface area contributed by atoms with E-state index in [1.807, 2.05) is 25.4 Å². The summed E-state index contributed by atoms with van der Waals surface area (Å²) in [7, 11) is 1.85. The second-order valence-corrected chi connectivity index (χ2v) is 5.49. The molecule has 0 spiro atoms. The minimum atomic E-state index is -0.271. The minimum Gasteiger partial charge on any atom is -0.484 e. The molecule has 1 aromatic carbocycles. The summed E-state index contributed by atoms with van der Waals surface area (Å²) >= 11 is 0. The summed E-state index contributed by atoms with van der Waals surface area (Å²) in [4.78, 5) is 25.6. The van der Waals surface area contributed by atoms with Gasteiger partial charge in [-0.3, -0.25) is 14.3 Å². The van der Waals surface area contributed by atoms with Gasteiger partial charge in [0.1, 0.15) is 5.75 Å². The summed E-state index contributed by atoms with van der Waals surface area (Å²) in [5.74, 6) is 0.278. The molecule has 0 saturated carbocycles. The van der Waals surface area contributed by atoms with E-state index < -0.39 is 0 Å². The molecule has 1 radical (unpaired) electrons. The fourth-order valence-electron chi connectivity index (χ4n) is 2.27. The lowest BCUT2D eigenvalue weighted by Crippen LogP contribution is -2.28. The van der Waals surface area contributed by atoms with Crippen molar-refractivity contribution in [3.63, 3.8) is 0 Å². The molecule has 25 heavy (non-hydrogen) atoms. The van der Waals surface area contributed by atoms with Crippen LogP contribution in [0, 0.1) is 6.07 Å². The van der Waals surface area contributed by atoms with Crippen LogP contribution >= 0.6 is 0 Å². The van der Waals surface area contributed by atoms with Gasteiger partial charge in [-0.1, -0.05) is 0 Å². The molecule has 0 aliphatic rings. The highest BCUT2D eigenvalue weighted by atomic mass is 16.5. The molecule has 0 unspecified atom stereocenters. The largest absolute Gasteiger partial charge is 0.484 e. The summed E-state index contributed by atoms with van der Waals surface area (Å²) in [6.07, 6.45) is 5.18. The first kappa shape index (κ1) is 16.5. The molecule has 0 fully saturated rings. The first-order valence-corrected chi connectivity index (χ1v) is 7.67. The maximum Gasteiger partial charge on any atom is 0.258 e. The molecule has 2 N–H and O–H groups in total. The lowest BCUT2D eigenvalue weighted by Gasteiger charge is -2.08. The summed E-state index contributed by atoms with van der Waals surface area (Å²) in [6, 6.07) is 11.5. The minimum absolute atomic E-state index is 0.118. The number of nitrogens with zero attached hydrogens (tertiary/aromatic N) is 2. The van der Waals surface area contributed by atoms with Gasteiger partial charge in [-0.05, 0) is 41.5 Å². The summed E-state index contributed by atoms with van der Waals surface area (Å²) in [5, 5.41) is 6.84. The van der Waals surface area contributed by atoms with Crippen LogP contribution in [0.3, 0.4) is 0 Å². The topological polar surface area (TPSA) is 89.0 Å². The molecule has 127 valence electrons. The van der Waals surface area contributed by atoms with Gasteiger partial charge < -0.3 is 15.0 Å². The Labute approximate surface area is 144 Å². The van der Waals surface area contributed by atoms with Crippen LogP contribution in [-0.4, -0.2) is 27.3 Å². The Kier molecular flexibility index (Phi) is 4.94. The molecule has 2 aromatic heterocycles. The quantitative estimate of drug-likeness (QED) is 0.709. The van der Waals surface area contributed by atoms with Gasteiger partial charge in [0.15, 0.2) is 6.61 Å². The highest BCUT2D eigenvalue weighted by molar-refractivity contribution is 5.77. The van der Waals surface area contributed by atoms with Crippen molar-refractivity contribution in [2.24, 2.45) is 7.05 Å².